The third-order valence-corrected chi connectivity index (χ3v) is 1.82. The number of rotatable bonds is 7. The number of esters is 1. The summed E-state index contributed by atoms with van der Waals surface area (Å²) in [7, 11) is 0. The maximum absolute atomic E-state index is 11.0. The highest BCUT2D eigenvalue weighted by Crippen LogP contribution is 2.07. The van der Waals surface area contributed by atoms with Crippen LogP contribution in [0.5, 0.6) is 0 Å². The standard InChI is InChI=1S/C10H18O4/c1-3-5-7-8(10(12)13)14-9(11)6-4-2/h8H,3-7H2,1-2H3,(H,12,13). The highest BCUT2D eigenvalue weighted by atomic mass is 16.6. The van der Waals surface area contributed by atoms with Crippen molar-refractivity contribution in [3.05, 3.63) is 0 Å². The number of ether oxygens (including phenoxy) is 1. The van der Waals surface area contributed by atoms with Crippen LogP contribution in [0.25, 0.3) is 0 Å². The summed E-state index contributed by atoms with van der Waals surface area (Å²) in [6.07, 6.45) is 2.07. The molecule has 0 aliphatic carbocycles. The number of carbonyl (C=O) groups is 2. The first kappa shape index (κ1) is 12.9. The molecule has 1 unspecified atom stereocenters. The average Bonchev–Trinajstić information content (AvgIpc) is 2.12. The highest BCUT2D eigenvalue weighted by molar-refractivity contribution is 5.77. The molecular formula is C10H18O4. The number of hydrogen-bond donors (Lipinski definition) is 1. The number of unbranched alkanes of at least 4 members (excludes halogenated alkanes) is 1. The summed E-state index contributed by atoms with van der Waals surface area (Å²) in [6.45, 7) is 3.82. The quantitative estimate of drug-likeness (QED) is 0.641. The molecule has 4 heteroatoms. The zero-order chi connectivity index (χ0) is 11.0. The molecule has 0 bridgehead atoms. The van der Waals surface area contributed by atoms with Gasteiger partial charge in [-0.05, 0) is 19.3 Å². The molecule has 0 spiro atoms. The molecule has 0 amide bonds. The first-order chi connectivity index (χ1) is 6.61. The molecular weight excluding hydrogens is 184 g/mol. The Hall–Kier alpha value is -1.06. The maximum Gasteiger partial charge on any atom is 0.345 e. The summed E-state index contributed by atoms with van der Waals surface area (Å²) >= 11 is 0. The summed E-state index contributed by atoms with van der Waals surface area (Å²) in [6, 6.07) is 0. The van der Waals surface area contributed by atoms with E-state index in [-0.39, 0.29) is 6.42 Å². The fourth-order valence-corrected chi connectivity index (χ4v) is 1.04. The molecule has 0 saturated heterocycles. The Kier molecular flexibility index (Phi) is 6.80. The summed E-state index contributed by atoms with van der Waals surface area (Å²) in [5, 5.41) is 8.74. The van der Waals surface area contributed by atoms with E-state index >= 15 is 0 Å². The molecule has 0 aromatic heterocycles. The second-order valence-corrected chi connectivity index (χ2v) is 3.21. The molecule has 0 rings (SSSR count). The van der Waals surface area contributed by atoms with E-state index in [2.05, 4.69) is 0 Å². The largest absolute Gasteiger partial charge is 0.479 e. The second kappa shape index (κ2) is 7.35. The lowest BCUT2D eigenvalue weighted by Crippen LogP contribution is -2.26. The summed E-state index contributed by atoms with van der Waals surface area (Å²) in [4.78, 5) is 21.7. The van der Waals surface area contributed by atoms with Gasteiger partial charge in [0.25, 0.3) is 0 Å². The van der Waals surface area contributed by atoms with Crippen LogP contribution in [0.4, 0.5) is 0 Å². The predicted molar refractivity (Wildman–Crippen MR) is 51.9 cm³/mol. The van der Waals surface area contributed by atoms with E-state index in [0.717, 1.165) is 12.8 Å². The number of carboxylic acid groups (broad SMARTS) is 1. The molecule has 0 aromatic carbocycles. The minimum absolute atomic E-state index is 0.288. The summed E-state index contributed by atoms with van der Waals surface area (Å²) < 4.78 is 4.82. The molecule has 1 atom stereocenters. The molecule has 0 aliphatic rings. The van der Waals surface area contributed by atoms with Gasteiger partial charge in [0.05, 0.1) is 0 Å². The van der Waals surface area contributed by atoms with Crippen molar-refractivity contribution in [3.8, 4) is 0 Å². The lowest BCUT2D eigenvalue weighted by atomic mass is 10.1. The first-order valence-corrected chi connectivity index (χ1v) is 5.04. The van der Waals surface area contributed by atoms with Gasteiger partial charge in [0.1, 0.15) is 0 Å². The fourth-order valence-electron chi connectivity index (χ4n) is 1.04. The van der Waals surface area contributed by atoms with Gasteiger partial charge in [0, 0.05) is 6.42 Å². The highest BCUT2D eigenvalue weighted by Gasteiger charge is 2.20. The van der Waals surface area contributed by atoms with Gasteiger partial charge in [-0.15, -0.1) is 0 Å². The number of hydrogen-bond acceptors (Lipinski definition) is 3. The number of aliphatic carboxylic acids is 1. The third-order valence-electron chi connectivity index (χ3n) is 1.82. The normalized spacial score (nSPS) is 12.1. The van der Waals surface area contributed by atoms with E-state index in [1.165, 1.54) is 0 Å². The Balaban J connectivity index is 3.95. The van der Waals surface area contributed by atoms with Crippen molar-refractivity contribution in [2.75, 3.05) is 0 Å². The third kappa shape index (κ3) is 5.56. The zero-order valence-electron chi connectivity index (χ0n) is 8.78. The Morgan fingerprint density at radius 2 is 1.93 bits per heavy atom. The second-order valence-electron chi connectivity index (χ2n) is 3.21. The summed E-state index contributed by atoms with van der Waals surface area (Å²) in [5.74, 6) is -1.47. The van der Waals surface area contributed by atoms with Gasteiger partial charge >= 0.3 is 11.9 Å². The molecule has 0 fully saturated rings. The predicted octanol–water partition coefficient (Wildman–Crippen LogP) is 1.97. The van der Waals surface area contributed by atoms with Crippen molar-refractivity contribution in [2.24, 2.45) is 0 Å². The topological polar surface area (TPSA) is 63.6 Å². The van der Waals surface area contributed by atoms with E-state index in [4.69, 9.17) is 9.84 Å². The van der Waals surface area contributed by atoms with Crippen molar-refractivity contribution < 1.29 is 19.4 Å². The van der Waals surface area contributed by atoms with Crippen LogP contribution in [0.15, 0.2) is 0 Å². The van der Waals surface area contributed by atoms with Gasteiger partial charge < -0.3 is 9.84 Å². The van der Waals surface area contributed by atoms with E-state index < -0.39 is 18.0 Å². The Labute approximate surface area is 84.3 Å². The molecule has 1 N–H and O–H groups in total. The lowest BCUT2D eigenvalue weighted by molar-refractivity contribution is -0.164. The van der Waals surface area contributed by atoms with Crippen LogP contribution in [0, 0.1) is 0 Å². The van der Waals surface area contributed by atoms with Gasteiger partial charge in [-0.3, -0.25) is 4.79 Å². The molecule has 0 aromatic rings. The SMILES string of the molecule is CCCCC(OC(=O)CCC)C(=O)O. The van der Waals surface area contributed by atoms with E-state index in [1.54, 1.807) is 0 Å². The van der Waals surface area contributed by atoms with Gasteiger partial charge in [-0.25, -0.2) is 4.79 Å². The lowest BCUT2D eigenvalue weighted by Gasteiger charge is -2.12. The first-order valence-electron chi connectivity index (χ1n) is 5.04. The van der Waals surface area contributed by atoms with Crippen LogP contribution in [-0.4, -0.2) is 23.1 Å². The van der Waals surface area contributed by atoms with E-state index in [0.29, 0.717) is 12.8 Å². The fraction of sp³-hybridized carbons (Fsp3) is 0.800. The minimum Gasteiger partial charge on any atom is -0.479 e. The Morgan fingerprint density at radius 1 is 1.29 bits per heavy atom. The van der Waals surface area contributed by atoms with Gasteiger partial charge in [-0.1, -0.05) is 20.3 Å². The minimum atomic E-state index is -1.05. The molecule has 0 saturated carbocycles. The van der Waals surface area contributed by atoms with Crippen LogP contribution >= 0.6 is 0 Å². The van der Waals surface area contributed by atoms with Crippen molar-refractivity contribution >= 4 is 11.9 Å². The monoisotopic (exact) mass is 202 g/mol. The van der Waals surface area contributed by atoms with Crippen molar-refractivity contribution in [2.45, 2.75) is 52.1 Å². The Bertz CT molecular complexity index is 189. The van der Waals surface area contributed by atoms with Gasteiger partial charge in [-0.2, -0.15) is 0 Å². The maximum atomic E-state index is 11.0. The smallest absolute Gasteiger partial charge is 0.345 e. The number of carbonyl (C=O) groups excluding carboxylic acids is 1. The van der Waals surface area contributed by atoms with Crippen LogP contribution in [0.3, 0.4) is 0 Å². The van der Waals surface area contributed by atoms with Gasteiger partial charge in [0.2, 0.25) is 0 Å². The number of carboxylic acids is 1. The van der Waals surface area contributed by atoms with E-state index in [9.17, 15) is 9.59 Å². The average molecular weight is 202 g/mol. The molecule has 0 aliphatic heterocycles. The van der Waals surface area contributed by atoms with Crippen LogP contribution < -0.4 is 0 Å². The van der Waals surface area contributed by atoms with Crippen molar-refractivity contribution in [3.63, 3.8) is 0 Å². The van der Waals surface area contributed by atoms with Gasteiger partial charge in [0.15, 0.2) is 6.10 Å². The zero-order valence-corrected chi connectivity index (χ0v) is 8.78. The molecule has 0 radical (unpaired) electrons. The van der Waals surface area contributed by atoms with Crippen LogP contribution in [-0.2, 0) is 14.3 Å². The summed E-state index contributed by atoms with van der Waals surface area (Å²) in [5.41, 5.74) is 0. The van der Waals surface area contributed by atoms with Crippen molar-refractivity contribution in [1.29, 1.82) is 0 Å². The van der Waals surface area contributed by atoms with E-state index in [1.807, 2.05) is 13.8 Å². The molecule has 0 heterocycles. The van der Waals surface area contributed by atoms with Crippen molar-refractivity contribution in [1.82, 2.24) is 0 Å². The Morgan fingerprint density at radius 3 is 2.36 bits per heavy atom. The molecule has 4 nitrogen and oxygen atoms in total. The van der Waals surface area contributed by atoms with Crippen LogP contribution in [0.2, 0.25) is 0 Å². The van der Waals surface area contributed by atoms with Crippen LogP contribution in [0.1, 0.15) is 46.0 Å². The molecule has 82 valence electrons. The molecule has 14 heavy (non-hydrogen) atoms.